The van der Waals surface area contributed by atoms with Crippen LogP contribution >= 0.6 is 0 Å². The van der Waals surface area contributed by atoms with Crippen LogP contribution in [0.25, 0.3) is 11.2 Å². The van der Waals surface area contributed by atoms with Crippen LogP contribution in [-0.2, 0) is 20.6 Å². The highest BCUT2D eigenvalue weighted by Crippen LogP contribution is 2.10. The molecule has 2 heterocycles. The lowest BCUT2D eigenvalue weighted by atomic mass is 10.1. The maximum absolute atomic E-state index is 12.3. The fraction of sp³-hybridized carbons (Fsp3) is 0.688. The summed E-state index contributed by atoms with van der Waals surface area (Å²) in [4.78, 5) is 28.4. The van der Waals surface area contributed by atoms with E-state index in [-0.39, 0.29) is 11.2 Å². The summed E-state index contributed by atoms with van der Waals surface area (Å²) in [7, 11) is 3.16. The fourth-order valence-corrected chi connectivity index (χ4v) is 2.81. The standard InChI is InChI=1S/C16H26N4O2/c1-4-5-6-7-8-9-10-11-20-12-17-14-13(20)15(21)19(3)16(22)18(14)2/h12H,4-11H2,1-3H3. The second-order valence-corrected chi connectivity index (χ2v) is 5.94. The van der Waals surface area contributed by atoms with E-state index < -0.39 is 0 Å². The molecule has 0 atom stereocenters. The maximum atomic E-state index is 12.3. The van der Waals surface area contributed by atoms with E-state index in [4.69, 9.17) is 0 Å². The summed E-state index contributed by atoms with van der Waals surface area (Å²) in [5, 5.41) is 0. The smallest absolute Gasteiger partial charge is 0.325 e. The van der Waals surface area contributed by atoms with Gasteiger partial charge in [-0.25, -0.2) is 9.78 Å². The molecule has 122 valence electrons. The number of rotatable bonds is 8. The lowest BCUT2D eigenvalue weighted by Crippen LogP contribution is -2.37. The predicted octanol–water partition coefficient (Wildman–Crippen LogP) is 2.18. The van der Waals surface area contributed by atoms with Gasteiger partial charge in [-0.2, -0.15) is 0 Å². The molecule has 22 heavy (non-hydrogen) atoms. The highest BCUT2D eigenvalue weighted by atomic mass is 16.2. The summed E-state index contributed by atoms with van der Waals surface area (Å²) >= 11 is 0. The molecule has 0 aliphatic carbocycles. The summed E-state index contributed by atoms with van der Waals surface area (Å²) in [6.07, 6.45) is 10.3. The van der Waals surface area contributed by atoms with Crippen molar-refractivity contribution in [2.24, 2.45) is 14.1 Å². The van der Waals surface area contributed by atoms with Crippen molar-refractivity contribution in [3.05, 3.63) is 27.2 Å². The Balaban J connectivity index is 2.04. The van der Waals surface area contributed by atoms with Crippen molar-refractivity contribution in [2.45, 2.75) is 58.4 Å². The lowest BCUT2D eigenvalue weighted by molar-refractivity contribution is 0.553. The molecule has 2 aromatic rings. The average molecular weight is 306 g/mol. The first-order chi connectivity index (χ1) is 10.6. The molecule has 0 saturated carbocycles. The Morgan fingerprint density at radius 3 is 2.27 bits per heavy atom. The fourth-order valence-electron chi connectivity index (χ4n) is 2.81. The van der Waals surface area contributed by atoms with Crippen molar-refractivity contribution in [3.8, 4) is 0 Å². The first-order valence-corrected chi connectivity index (χ1v) is 8.18. The third-order valence-electron chi connectivity index (χ3n) is 4.22. The van der Waals surface area contributed by atoms with E-state index in [1.54, 1.807) is 13.4 Å². The Hall–Kier alpha value is -1.85. The van der Waals surface area contributed by atoms with Crippen molar-refractivity contribution < 1.29 is 0 Å². The number of fused-ring (bicyclic) bond motifs is 1. The number of aromatic nitrogens is 4. The number of hydrogen-bond donors (Lipinski definition) is 0. The minimum Gasteiger partial charge on any atom is -0.325 e. The number of nitrogens with zero attached hydrogens (tertiary/aromatic N) is 4. The van der Waals surface area contributed by atoms with Crippen molar-refractivity contribution in [2.75, 3.05) is 0 Å². The van der Waals surface area contributed by atoms with Gasteiger partial charge in [-0.15, -0.1) is 0 Å². The zero-order valence-electron chi connectivity index (χ0n) is 13.8. The van der Waals surface area contributed by atoms with E-state index in [0.717, 1.165) is 24.0 Å². The molecule has 0 aromatic carbocycles. The number of aryl methyl sites for hydroxylation is 2. The summed E-state index contributed by atoms with van der Waals surface area (Å²) in [6, 6.07) is 0. The van der Waals surface area contributed by atoms with Gasteiger partial charge in [0.25, 0.3) is 5.56 Å². The zero-order chi connectivity index (χ0) is 16.1. The molecule has 0 bridgehead atoms. The van der Waals surface area contributed by atoms with Gasteiger partial charge in [-0.3, -0.25) is 13.9 Å². The van der Waals surface area contributed by atoms with Crippen LogP contribution in [-0.4, -0.2) is 18.7 Å². The Kier molecular flexibility index (Phi) is 5.57. The van der Waals surface area contributed by atoms with E-state index in [9.17, 15) is 9.59 Å². The van der Waals surface area contributed by atoms with E-state index >= 15 is 0 Å². The number of unbranched alkanes of at least 4 members (excludes halogenated alkanes) is 6. The van der Waals surface area contributed by atoms with Crippen LogP contribution in [0.2, 0.25) is 0 Å². The summed E-state index contributed by atoms with van der Waals surface area (Å²) in [5.74, 6) is 0. The van der Waals surface area contributed by atoms with E-state index in [1.807, 2.05) is 4.57 Å². The minimum atomic E-state index is -0.335. The third kappa shape index (κ3) is 3.31. The molecule has 0 radical (unpaired) electrons. The molecule has 0 aliphatic heterocycles. The summed E-state index contributed by atoms with van der Waals surface area (Å²) in [6.45, 7) is 3.00. The molecule has 0 unspecified atom stereocenters. The van der Waals surface area contributed by atoms with Crippen LogP contribution in [0.5, 0.6) is 0 Å². The Labute approximate surface area is 130 Å². The molecule has 6 nitrogen and oxygen atoms in total. The zero-order valence-corrected chi connectivity index (χ0v) is 13.8. The SMILES string of the molecule is CCCCCCCCCn1cnc2c1c(=O)n(C)c(=O)n2C. The highest BCUT2D eigenvalue weighted by Gasteiger charge is 2.13. The normalized spacial score (nSPS) is 11.4. The van der Waals surface area contributed by atoms with Gasteiger partial charge < -0.3 is 4.57 Å². The van der Waals surface area contributed by atoms with Crippen LogP contribution in [0.3, 0.4) is 0 Å². The molecule has 0 N–H and O–H groups in total. The van der Waals surface area contributed by atoms with Gasteiger partial charge >= 0.3 is 5.69 Å². The van der Waals surface area contributed by atoms with Crippen LogP contribution < -0.4 is 11.2 Å². The quantitative estimate of drug-likeness (QED) is 0.702. The van der Waals surface area contributed by atoms with Crippen molar-refractivity contribution in [1.29, 1.82) is 0 Å². The van der Waals surface area contributed by atoms with Crippen LogP contribution in [0.1, 0.15) is 51.9 Å². The largest absolute Gasteiger partial charge is 0.332 e. The van der Waals surface area contributed by atoms with Gasteiger partial charge in [0.1, 0.15) is 0 Å². The van der Waals surface area contributed by atoms with E-state index in [2.05, 4.69) is 11.9 Å². The molecular formula is C16H26N4O2. The first-order valence-electron chi connectivity index (χ1n) is 8.18. The van der Waals surface area contributed by atoms with Crippen molar-refractivity contribution >= 4 is 11.2 Å². The molecule has 0 amide bonds. The van der Waals surface area contributed by atoms with Crippen molar-refractivity contribution in [3.63, 3.8) is 0 Å². The summed E-state index contributed by atoms with van der Waals surface area (Å²) in [5.41, 5.74) is 0.392. The second-order valence-electron chi connectivity index (χ2n) is 5.94. The molecule has 2 aromatic heterocycles. The Bertz CT molecular complexity index is 739. The Morgan fingerprint density at radius 1 is 0.955 bits per heavy atom. The molecule has 2 rings (SSSR count). The molecule has 0 spiro atoms. The second kappa shape index (κ2) is 7.42. The van der Waals surface area contributed by atoms with Gasteiger partial charge in [-0.1, -0.05) is 45.4 Å². The number of imidazole rings is 1. The minimum absolute atomic E-state index is 0.265. The third-order valence-corrected chi connectivity index (χ3v) is 4.22. The molecule has 0 saturated heterocycles. The van der Waals surface area contributed by atoms with Gasteiger partial charge in [-0.05, 0) is 6.42 Å². The van der Waals surface area contributed by atoms with Gasteiger partial charge in [0.15, 0.2) is 11.2 Å². The van der Waals surface area contributed by atoms with Crippen LogP contribution in [0, 0.1) is 0 Å². The molecule has 6 heteroatoms. The molecular weight excluding hydrogens is 280 g/mol. The topological polar surface area (TPSA) is 61.8 Å². The van der Waals surface area contributed by atoms with Gasteiger partial charge in [0.05, 0.1) is 6.33 Å². The van der Waals surface area contributed by atoms with E-state index in [1.165, 1.54) is 43.7 Å². The maximum Gasteiger partial charge on any atom is 0.332 e. The molecule has 0 aliphatic rings. The van der Waals surface area contributed by atoms with Crippen LogP contribution in [0.15, 0.2) is 15.9 Å². The van der Waals surface area contributed by atoms with Crippen molar-refractivity contribution in [1.82, 2.24) is 18.7 Å². The first kappa shape index (κ1) is 16.5. The van der Waals surface area contributed by atoms with E-state index in [0.29, 0.717) is 11.2 Å². The highest BCUT2D eigenvalue weighted by molar-refractivity contribution is 5.69. The van der Waals surface area contributed by atoms with Gasteiger partial charge in [0.2, 0.25) is 0 Å². The molecule has 0 fully saturated rings. The monoisotopic (exact) mass is 306 g/mol. The number of hydrogen-bond acceptors (Lipinski definition) is 3. The van der Waals surface area contributed by atoms with Crippen LogP contribution in [0.4, 0.5) is 0 Å². The van der Waals surface area contributed by atoms with Gasteiger partial charge in [0, 0.05) is 20.6 Å². The Morgan fingerprint density at radius 2 is 1.59 bits per heavy atom. The predicted molar refractivity (Wildman–Crippen MR) is 88.2 cm³/mol. The lowest BCUT2D eigenvalue weighted by Gasteiger charge is -2.06. The average Bonchev–Trinajstić information content (AvgIpc) is 2.94. The summed E-state index contributed by atoms with van der Waals surface area (Å²) < 4.78 is 4.45.